The van der Waals surface area contributed by atoms with Crippen molar-refractivity contribution in [3.05, 3.63) is 39.9 Å². The van der Waals surface area contributed by atoms with Crippen LogP contribution in [-0.2, 0) is 13.6 Å². The summed E-state index contributed by atoms with van der Waals surface area (Å²) in [7, 11) is 1.81. The van der Waals surface area contributed by atoms with Gasteiger partial charge in [-0.1, -0.05) is 0 Å². The molecular weight excluding hydrogens is 308 g/mol. The van der Waals surface area contributed by atoms with Gasteiger partial charge < -0.3 is 0 Å². The van der Waals surface area contributed by atoms with Gasteiger partial charge in [-0.25, -0.2) is 0 Å². The van der Waals surface area contributed by atoms with E-state index in [0.717, 1.165) is 22.4 Å². The number of allylic oxidation sites excluding steroid dienone is 1. The molecule has 0 radical (unpaired) electrons. The third-order valence-corrected chi connectivity index (χ3v) is 3.57. The number of aromatic nitrogens is 4. The Morgan fingerprint density at radius 3 is 2.79 bits per heavy atom. The minimum Gasteiger partial charge on any atom is -0.289 e. The molecule has 19 heavy (non-hydrogen) atoms. The van der Waals surface area contributed by atoms with Gasteiger partial charge in [-0.15, -0.1) is 0 Å². The summed E-state index contributed by atoms with van der Waals surface area (Å²) in [5.74, 6) is -0.0662. The van der Waals surface area contributed by atoms with Crippen LogP contribution in [0.5, 0.6) is 0 Å². The Morgan fingerprint density at radius 1 is 1.53 bits per heavy atom. The Balaban J connectivity index is 2.20. The SMILES string of the molecule is CCn1cc(Br)c(/C=C/C(=O)c2cnn(C)c2C)n1. The molecule has 6 heteroatoms. The van der Waals surface area contributed by atoms with Crippen molar-refractivity contribution in [3.63, 3.8) is 0 Å². The Labute approximate surface area is 120 Å². The van der Waals surface area contributed by atoms with E-state index >= 15 is 0 Å². The molecule has 2 rings (SSSR count). The number of carbonyl (C=O) groups is 1. The van der Waals surface area contributed by atoms with Crippen molar-refractivity contribution >= 4 is 27.8 Å². The highest BCUT2D eigenvalue weighted by molar-refractivity contribution is 9.10. The topological polar surface area (TPSA) is 52.7 Å². The van der Waals surface area contributed by atoms with E-state index in [9.17, 15) is 4.79 Å². The van der Waals surface area contributed by atoms with Gasteiger partial charge in [0.25, 0.3) is 0 Å². The molecule has 0 unspecified atom stereocenters. The lowest BCUT2D eigenvalue weighted by Gasteiger charge is -1.95. The van der Waals surface area contributed by atoms with Crippen LogP contribution in [0.15, 0.2) is 22.9 Å². The Hall–Kier alpha value is -1.69. The van der Waals surface area contributed by atoms with Crippen molar-refractivity contribution in [2.24, 2.45) is 7.05 Å². The van der Waals surface area contributed by atoms with Gasteiger partial charge in [-0.3, -0.25) is 14.2 Å². The van der Waals surface area contributed by atoms with Gasteiger partial charge in [0.2, 0.25) is 0 Å². The second kappa shape index (κ2) is 5.52. The Morgan fingerprint density at radius 2 is 2.26 bits per heavy atom. The molecule has 0 bridgehead atoms. The molecule has 0 atom stereocenters. The van der Waals surface area contributed by atoms with Gasteiger partial charge >= 0.3 is 0 Å². The molecule has 0 saturated heterocycles. The molecule has 0 saturated carbocycles. The first-order chi connectivity index (χ1) is 9.02. The number of carbonyl (C=O) groups excluding carboxylic acids is 1. The zero-order valence-electron chi connectivity index (χ0n) is 11.1. The maximum atomic E-state index is 12.0. The number of ketones is 1. The third kappa shape index (κ3) is 2.84. The van der Waals surface area contributed by atoms with Crippen LogP contribution in [0, 0.1) is 6.92 Å². The predicted molar refractivity (Wildman–Crippen MR) is 76.9 cm³/mol. The molecule has 2 heterocycles. The summed E-state index contributed by atoms with van der Waals surface area (Å²) in [6, 6.07) is 0. The molecule has 0 fully saturated rings. The highest BCUT2D eigenvalue weighted by Gasteiger charge is 2.10. The number of hydrogen-bond acceptors (Lipinski definition) is 3. The average Bonchev–Trinajstić information content (AvgIpc) is 2.91. The molecule has 100 valence electrons. The fraction of sp³-hybridized carbons (Fsp3) is 0.308. The van der Waals surface area contributed by atoms with Crippen molar-refractivity contribution in [1.29, 1.82) is 0 Å². The first kappa shape index (κ1) is 13.7. The summed E-state index contributed by atoms with van der Waals surface area (Å²) >= 11 is 3.42. The van der Waals surface area contributed by atoms with Gasteiger partial charge in [-0.05, 0) is 41.9 Å². The summed E-state index contributed by atoms with van der Waals surface area (Å²) in [6.45, 7) is 4.68. The van der Waals surface area contributed by atoms with E-state index in [-0.39, 0.29) is 5.78 Å². The molecule has 0 amide bonds. The number of halogens is 1. The quantitative estimate of drug-likeness (QED) is 0.642. The van der Waals surface area contributed by atoms with Crippen LogP contribution < -0.4 is 0 Å². The van der Waals surface area contributed by atoms with Crippen LogP contribution in [-0.4, -0.2) is 25.3 Å². The van der Waals surface area contributed by atoms with Gasteiger partial charge in [0.1, 0.15) is 0 Å². The summed E-state index contributed by atoms with van der Waals surface area (Å²) in [5.41, 5.74) is 2.22. The van der Waals surface area contributed by atoms with E-state index < -0.39 is 0 Å². The normalized spacial score (nSPS) is 11.4. The van der Waals surface area contributed by atoms with Gasteiger partial charge in [-0.2, -0.15) is 10.2 Å². The fourth-order valence-electron chi connectivity index (χ4n) is 1.67. The molecule has 0 aliphatic rings. The zero-order chi connectivity index (χ0) is 14.0. The first-order valence-electron chi connectivity index (χ1n) is 5.97. The minimum absolute atomic E-state index is 0.0662. The minimum atomic E-state index is -0.0662. The maximum Gasteiger partial charge on any atom is 0.189 e. The van der Waals surface area contributed by atoms with Gasteiger partial charge in [0, 0.05) is 25.5 Å². The van der Waals surface area contributed by atoms with E-state index in [1.54, 1.807) is 17.0 Å². The lowest BCUT2D eigenvalue weighted by Crippen LogP contribution is -1.99. The number of aryl methyl sites for hydroxylation is 2. The molecule has 5 nitrogen and oxygen atoms in total. The lowest BCUT2D eigenvalue weighted by molar-refractivity contribution is 0.104. The number of rotatable bonds is 4. The van der Waals surface area contributed by atoms with Crippen molar-refractivity contribution in [2.45, 2.75) is 20.4 Å². The fourth-order valence-corrected chi connectivity index (χ4v) is 2.12. The van der Waals surface area contributed by atoms with Crippen molar-refractivity contribution in [2.75, 3.05) is 0 Å². The molecule has 0 aromatic carbocycles. The summed E-state index contributed by atoms with van der Waals surface area (Å²) < 4.78 is 4.37. The second-order valence-electron chi connectivity index (χ2n) is 4.18. The van der Waals surface area contributed by atoms with E-state index in [4.69, 9.17) is 0 Å². The Kier molecular flexibility index (Phi) is 3.99. The summed E-state index contributed by atoms with van der Waals surface area (Å²) in [5, 5.41) is 8.39. The largest absolute Gasteiger partial charge is 0.289 e. The summed E-state index contributed by atoms with van der Waals surface area (Å²) in [4.78, 5) is 12.0. The van der Waals surface area contributed by atoms with Crippen LogP contribution in [0.3, 0.4) is 0 Å². The standard InChI is InChI=1S/C13H15BrN4O/c1-4-18-8-11(14)12(16-18)5-6-13(19)10-7-15-17(3)9(10)2/h5-8H,4H2,1-3H3/b6-5+. The zero-order valence-corrected chi connectivity index (χ0v) is 12.7. The first-order valence-corrected chi connectivity index (χ1v) is 6.76. The van der Waals surface area contributed by atoms with Crippen LogP contribution in [0.2, 0.25) is 0 Å². The molecule has 0 spiro atoms. The number of nitrogens with zero attached hydrogens (tertiary/aromatic N) is 4. The van der Waals surface area contributed by atoms with Crippen LogP contribution in [0.25, 0.3) is 6.08 Å². The molecule has 0 N–H and O–H groups in total. The molecule has 0 aliphatic heterocycles. The smallest absolute Gasteiger partial charge is 0.189 e. The number of hydrogen-bond donors (Lipinski definition) is 0. The van der Waals surface area contributed by atoms with Crippen molar-refractivity contribution in [1.82, 2.24) is 19.6 Å². The van der Waals surface area contributed by atoms with E-state index in [0.29, 0.717) is 5.56 Å². The monoisotopic (exact) mass is 322 g/mol. The average molecular weight is 323 g/mol. The molecule has 2 aromatic rings. The van der Waals surface area contributed by atoms with E-state index in [1.807, 2.05) is 31.8 Å². The second-order valence-corrected chi connectivity index (χ2v) is 5.04. The molecule has 0 aliphatic carbocycles. The van der Waals surface area contributed by atoms with Crippen molar-refractivity contribution in [3.8, 4) is 0 Å². The molecule has 2 aromatic heterocycles. The Bertz CT molecular complexity index is 639. The molecular formula is C13H15BrN4O. The summed E-state index contributed by atoms with van der Waals surface area (Å²) in [6.07, 6.45) is 6.71. The predicted octanol–water partition coefficient (Wildman–Crippen LogP) is 2.60. The van der Waals surface area contributed by atoms with E-state index in [2.05, 4.69) is 26.1 Å². The van der Waals surface area contributed by atoms with Gasteiger partial charge in [0.05, 0.1) is 21.9 Å². The van der Waals surface area contributed by atoms with E-state index in [1.165, 1.54) is 6.08 Å². The maximum absolute atomic E-state index is 12.0. The highest BCUT2D eigenvalue weighted by Crippen LogP contribution is 2.17. The van der Waals surface area contributed by atoms with Crippen LogP contribution in [0.4, 0.5) is 0 Å². The van der Waals surface area contributed by atoms with Crippen molar-refractivity contribution < 1.29 is 4.79 Å². The van der Waals surface area contributed by atoms with Crippen LogP contribution >= 0.6 is 15.9 Å². The highest BCUT2D eigenvalue weighted by atomic mass is 79.9. The third-order valence-electron chi connectivity index (χ3n) is 2.96. The van der Waals surface area contributed by atoms with Gasteiger partial charge in [0.15, 0.2) is 5.78 Å². The lowest BCUT2D eigenvalue weighted by atomic mass is 10.1. The van der Waals surface area contributed by atoms with Crippen LogP contribution in [0.1, 0.15) is 28.7 Å².